The summed E-state index contributed by atoms with van der Waals surface area (Å²) in [6, 6.07) is 11.0. The molecule has 0 atom stereocenters. The third-order valence-corrected chi connectivity index (χ3v) is 3.26. The Bertz CT molecular complexity index is 610. The molecule has 0 aliphatic heterocycles. The van der Waals surface area contributed by atoms with Crippen LogP contribution in [0.5, 0.6) is 0 Å². The van der Waals surface area contributed by atoms with Gasteiger partial charge in [-0.05, 0) is 31.0 Å². The van der Waals surface area contributed by atoms with Gasteiger partial charge < -0.3 is 4.90 Å². The largest absolute Gasteiger partial charge is 0.334 e. The first-order valence-electron chi connectivity index (χ1n) is 7.07. The van der Waals surface area contributed by atoms with Crippen LogP contribution in [0.25, 0.3) is 0 Å². The molecule has 0 aliphatic rings. The number of rotatable bonds is 5. The number of benzene rings is 1. The minimum absolute atomic E-state index is 0.0260. The number of carbonyl (C=O) groups excluding carboxylic acids is 1. The van der Waals surface area contributed by atoms with Crippen molar-refractivity contribution in [3.63, 3.8) is 0 Å². The van der Waals surface area contributed by atoms with Gasteiger partial charge in [0.05, 0.1) is 5.56 Å². The first-order valence-corrected chi connectivity index (χ1v) is 7.07. The molecular weight excluding hydrogens is 267 g/mol. The van der Waals surface area contributed by atoms with Gasteiger partial charge in [0.15, 0.2) is 0 Å². The molecule has 0 bridgehead atoms. The Hall–Kier alpha value is -2.23. The first kappa shape index (κ1) is 15.2. The van der Waals surface area contributed by atoms with Gasteiger partial charge in [-0.1, -0.05) is 36.8 Å². The van der Waals surface area contributed by atoms with Crippen LogP contribution in [0.4, 0.5) is 4.39 Å². The van der Waals surface area contributed by atoms with Gasteiger partial charge in [0.2, 0.25) is 5.95 Å². The fourth-order valence-corrected chi connectivity index (χ4v) is 2.15. The minimum atomic E-state index is -0.715. The maximum atomic E-state index is 13.7. The van der Waals surface area contributed by atoms with E-state index in [4.69, 9.17) is 0 Å². The van der Waals surface area contributed by atoms with Crippen LogP contribution in [-0.4, -0.2) is 22.3 Å². The molecule has 1 aromatic carbocycles. The number of hydrogen-bond donors (Lipinski definition) is 0. The predicted octanol–water partition coefficient (Wildman–Crippen LogP) is 3.58. The number of halogens is 1. The van der Waals surface area contributed by atoms with Crippen molar-refractivity contribution < 1.29 is 9.18 Å². The van der Waals surface area contributed by atoms with Gasteiger partial charge in [0.1, 0.15) is 0 Å². The Labute approximate surface area is 124 Å². The summed E-state index contributed by atoms with van der Waals surface area (Å²) < 4.78 is 13.7. The van der Waals surface area contributed by atoms with Crippen LogP contribution in [0.2, 0.25) is 0 Å². The number of pyridine rings is 1. The fraction of sp³-hybridized carbons (Fsp3) is 0.294. The van der Waals surface area contributed by atoms with E-state index in [2.05, 4.69) is 4.98 Å². The first-order chi connectivity index (χ1) is 10.1. The van der Waals surface area contributed by atoms with Crippen molar-refractivity contribution in [1.29, 1.82) is 0 Å². The zero-order chi connectivity index (χ0) is 15.2. The molecule has 0 radical (unpaired) electrons. The van der Waals surface area contributed by atoms with Crippen molar-refractivity contribution in [3.05, 3.63) is 65.2 Å². The molecule has 0 N–H and O–H groups in total. The number of aryl methyl sites for hydroxylation is 1. The van der Waals surface area contributed by atoms with Crippen LogP contribution in [-0.2, 0) is 6.54 Å². The summed E-state index contributed by atoms with van der Waals surface area (Å²) in [5.74, 6) is -1.03. The van der Waals surface area contributed by atoms with Crippen molar-refractivity contribution in [2.45, 2.75) is 26.8 Å². The molecule has 3 nitrogen and oxygen atoms in total. The van der Waals surface area contributed by atoms with Crippen molar-refractivity contribution in [2.24, 2.45) is 0 Å². The van der Waals surface area contributed by atoms with Gasteiger partial charge >= 0.3 is 0 Å². The molecular formula is C17H19FN2O. The van der Waals surface area contributed by atoms with Crippen LogP contribution >= 0.6 is 0 Å². The van der Waals surface area contributed by atoms with Crippen molar-refractivity contribution in [3.8, 4) is 0 Å². The maximum absolute atomic E-state index is 13.7. The van der Waals surface area contributed by atoms with Crippen molar-refractivity contribution >= 4 is 5.91 Å². The Morgan fingerprint density at radius 1 is 1.24 bits per heavy atom. The number of hydrogen-bond acceptors (Lipinski definition) is 2. The van der Waals surface area contributed by atoms with Gasteiger partial charge in [-0.2, -0.15) is 4.39 Å². The van der Waals surface area contributed by atoms with Gasteiger partial charge in [0.25, 0.3) is 5.91 Å². The normalized spacial score (nSPS) is 10.4. The highest BCUT2D eigenvalue weighted by molar-refractivity contribution is 5.94. The van der Waals surface area contributed by atoms with Gasteiger partial charge in [-0.25, -0.2) is 4.98 Å². The molecule has 0 fully saturated rings. The molecule has 0 saturated carbocycles. The van der Waals surface area contributed by atoms with Gasteiger partial charge in [0, 0.05) is 19.3 Å². The number of amides is 1. The highest BCUT2D eigenvalue weighted by Gasteiger charge is 2.19. The Morgan fingerprint density at radius 3 is 2.57 bits per heavy atom. The number of nitrogens with zero attached hydrogens (tertiary/aromatic N) is 2. The highest BCUT2D eigenvalue weighted by atomic mass is 19.1. The summed E-state index contributed by atoms with van der Waals surface area (Å²) in [4.78, 5) is 17.7. The molecule has 4 heteroatoms. The third-order valence-electron chi connectivity index (χ3n) is 3.26. The minimum Gasteiger partial charge on any atom is -0.334 e. The van der Waals surface area contributed by atoms with Crippen molar-refractivity contribution in [2.75, 3.05) is 6.54 Å². The molecule has 110 valence electrons. The third kappa shape index (κ3) is 3.88. The number of carbonyl (C=O) groups is 1. The van der Waals surface area contributed by atoms with E-state index < -0.39 is 5.95 Å². The lowest BCUT2D eigenvalue weighted by Gasteiger charge is -2.22. The zero-order valence-electron chi connectivity index (χ0n) is 12.3. The average Bonchev–Trinajstić information content (AvgIpc) is 2.49. The molecule has 21 heavy (non-hydrogen) atoms. The van der Waals surface area contributed by atoms with E-state index in [1.54, 1.807) is 11.0 Å². The summed E-state index contributed by atoms with van der Waals surface area (Å²) >= 11 is 0. The quantitative estimate of drug-likeness (QED) is 0.787. The second-order valence-corrected chi connectivity index (χ2v) is 5.05. The molecule has 0 aliphatic carbocycles. The van der Waals surface area contributed by atoms with E-state index in [-0.39, 0.29) is 11.5 Å². The molecule has 1 amide bonds. The lowest BCUT2D eigenvalue weighted by molar-refractivity contribution is 0.0737. The molecule has 2 rings (SSSR count). The molecule has 2 aromatic rings. The monoisotopic (exact) mass is 286 g/mol. The van der Waals surface area contributed by atoms with Crippen LogP contribution in [0.15, 0.2) is 42.6 Å². The Balaban J connectivity index is 2.20. The van der Waals surface area contributed by atoms with Crippen LogP contribution < -0.4 is 0 Å². The van der Waals surface area contributed by atoms with Crippen molar-refractivity contribution in [1.82, 2.24) is 9.88 Å². The predicted molar refractivity (Wildman–Crippen MR) is 80.4 cm³/mol. The van der Waals surface area contributed by atoms with Crippen LogP contribution in [0, 0.1) is 12.9 Å². The van der Waals surface area contributed by atoms with E-state index in [0.717, 1.165) is 12.0 Å². The second-order valence-electron chi connectivity index (χ2n) is 5.05. The van der Waals surface area contributed by atoms with E-state index in [1.807, 2.05) is 38.1 Å². The van der Waals surface area contributed by atoms with Crippen LogP contribution in [0.1, 0.15) is 34.8 Å². The average molecular weight is 286 g/mol. The van der Waals surface area contributed by atoms with E-state index in [9.17, 15) is 9.18 Å². The molecule has 0 spiro atoms. The van der Waals surface area contributed by atoms with Gasteiger partial charge in [-0.3, -0.25) is 4.79 Å². The summed E-state index contributed by atoms with van der Waals surface area (Å²) in [6.45, 7) is 5.07. The SMILES string of the molecule is CCCN(Cc1ccc(C)cc1)C(=O)c1cccnc1F. The smallest absolute Gasteiger partial charge is 0.258 e. The standard InChI is InChI=1S/C17H19FN2O/c1-3-11-20(12-14-8-6-13(2)7-9-14)17(21)15-5-4-10-19-16(15)18/h4-10H,3,11-12H2,1-2H3. The van der Waals surface area contributed by atoms with E-state index >= 15 is 0 Å². The molecule has 1 heterocycles. The number of aromatic nitrogens is 1. The highest BCUT2D eigenvalue weighted by Crippen LogP contribution is 2.13. The lowest BCUT2D eigenvalue weighted by atomic mass is 10.1. The molecule has 0 saturated heterocycles. The molecule has 0 unspecified atom stereocenters. The second kappa shape index (κ2) is 6.97. The maximum Gasteiger partial charge on any atom is 0.258 e. The topological polar surface area (TPSA) is 33.2 Å². The fourth-order valence-electron chi connectivity index (χ4n) is 2.15. The Morgan fingerprint density at radius 2 is 1.95 bits per heavy atom. The Kier molecular flexibility index (Phi) is 5.04. The molecule has 1 aromatic heterocycles. The van der Waals surface area contributed by atoms with Gasteiger partial charge in [-0.15, -0.1) is 0 Å². The van der Waals surface area contributed by atoms with E-state index in [0.29, 0.717) is 13.1 Å². The summed E-state index contributed by atoms with van der Waals surface area (Å²) in [7, 11) is 0. The summed E-state index contributed by atoms with van der Waals surface area (Å²) in [6.07, 6.45) is 2.16. The summed E-state index contributed by atoms with van der Waals surface area (Å²) in [5.41, 5.74) is 2.23. The van der Waals surface area contributed by atoms with E-state index in [1.165, 1.54) is 17.8 Å². The zero-order valence-corrected chi connectivity index (χ0v) is 12.3. The van der Waals surface area contributed by atoms with Crippen LogP contribution in [0.3, 0.4) is 0 Å². The lowest BCUT2D eigenvalue weighted by Crippen LogP contribution is -2.32. The summed E-state index contributed by atoms with van der Waals surface area (Å²) in [5, 5.41) is 0.